The lowest BCUT2D eigenvalue weighted by atomic mass is 10.1. The summed E-state index contributed by atoms with van der Waals surface area (Å²) in [7, 11) is 0. The van der Waals surface area contributed by atoms with Gasteiger partial charge in [0.25, 0.3) is 5.91 Å². The number of carboxylic acid groups (broad SMARTS) is 1. The van der Waals surface area contributed by atoms with Crippen molar-refractivity contribution >= 4 is 40.8 Å². The second kappa shape index (κ2) is 6.11. The number of rotatable bonds is 3. The molecule has 0 aliphatic heterocycles. The van der Waals surface area contributed by atoms with Gasteiger partial charge in [-0.25, -0.2) is 9.18 Å². The van der Waals surface area contributed by atoms with Crippen molar-refractivity contribution in [2.75, 3.05) is 5.32 Å². The molecule has 0 saturated heterocycles. The Balaban J connectivity index is 2.34. The van der Waals surface area contributed by atoms with Crippen LogP contribution >= 0.6 is 23.2 Å². The summed E-state index contributed by atoms with van der Waals surface area (Å²) in [6.07, 6.45) is 0. The molecule has 21 heavy (non-hydrogen) atoms. The molecule has 0 radical (unpaired) electrons. The normalized spacial score (nSPS) is 10.2. The predicted octanol–water partition coefficient (Wildman–Crippen LogP) is 4.08. The van der Waals surface area contributed by atoms with Crippen molar-refractivity contribution in [2.24, 2.45) is 0 Å². The SMILES string of the molecule is O=C(Nc1ccc(Cl)cc1C(=O)O)c1ccc(Cl)cc1F. The zero-order chi connectivity index (χ0) is 15.6. The van der Waals surface area contributed by atoms with Gasteiger partial charge in [0, 0.05) is 10.0 Å². The van der Waals surface area contributed by atoms with E-state index in [1.807, 2.05) is 0 Å². The van der Waals surface area contributed by atoms with E-state index in [1.54, 1.807) is 0 Å². The van der Waals surface area contributed by atoms with Crippen LogP contribution in [0.5, 0.6) is 0 Å². The van der Waals surface area contributed by atoms with Crippen molar-refractivity contribution in [1.82, 2.24) is 0 Å². The topological polar surface area (TPSA) is 66.4 Å². The first-order chi connectivity index (χ1) is 9.88. The van der Waals surface area contributed by atoms with E-state index in [9.17, 15) is 14.0 Å². The van der Waals surface area contributed by atoms with Crippen LogP contribution in [0.2, 0.25) is 10.0 Å². The first-order valence-corrected chi connectivity index (χ1v) is 6.43. The third kappa shape index (κ3) is 3.51. The van der Waals surface area contributed by atoms with Gasteiger partial charge in [-0.3, -0.25) is 4.79 Å². The van der Waals surface area contributed by atoms with Gasteiger partial charge in [-0.1, -0.05) is 23.2 Å². The number of nitrogens with one attached hydrogen (secondary N) is 1. The maximum absolute atomic E-state index is 13.6. The molecule has 0 aliphatic rings. The molecule has 0 aliphatic carbocycles. The summed E-state index contributed by atoms with van der Waals surface area (Å²) in [5.74, 6) is -2.84. The molecule has 2 N–H and O–H groups in total. The third-order valence-electron chi connectivity index (χ3n) is 2.64. The largest absolute Gasteiger partial charge is 0.478 e. The molecule has 0 unspecified atom stereocenters. The molecule has 2 rings (SSSR count). The molecule has 0 fully saturated rings. The highest BCUT2D eigenvalue weighted by Gasteiger charge is 2.16. The lowest BCUT2D eigenvalue weighted by Crippen LogP contribution is -2.16. The van der Waals surface area contributed by atoms with E-state index in [1.165, 1.54) is 30.3 Å². The lowest BCUT2D eigenvalue weighted by molar-refractivity contribution is 0.0698. The van der Waals surface area contributed by atoms with Crippen LogP contribution in [0.1, 0.15) is 20.7 Å². The fourth-order valence-corrected chi connectivity index (χ4v) is 2.00. The second-order valence-electron chi connectivity index (χ2n) is 4.07. The summed E-state index contributed by atoms with van der Waals surface area (Å²) >= 11 is 11.3. The van der Waals surface area contributed by atoms with Gasteiger partial charge in [0.15, 0.2) is 0 Å². The van der Waals surface area contributed by atoms with Crippen molar-refractivity contribution in [2.45, 2.75) is 0 Å². The van der Waals surface area contributed by atoms with Gasteiger partial charge in [-0.2, -0.15) is 0 Å². The standard InChI is InChI=1S/C14H8Cl2FNO3/c15-7-2-4-12(10(5-7)14(20)21)18-13(19)9-3-1-8(16)6-11(9)17/h1-6H,(H,18,19)(H,20,21). The molecule has 0 spiro atoms. The number of carboxylic acids is 1. The number of halogens is 3. The Bertz CT molecular complexity index is 734. The van der Waals surface area contributed by atoms with E-state index in [0.29, 0.717) is 0 Å². The van der Waals surface area contributed by atoms with Gasteiger partial charge in [0.2, 0.25) is 0 Å². The van der Waals surface area contributed by atoms with Crippen LogP contribution in [0.25, 0.3) is 0 Å². The number of carbonyl (C=O) groups excluding carboxylic acids is 1. The van der Waals surface area contributed by atoms with E-state index in [-0.39, 0.29) is 26.9 Å². The van der Waals surface area contributed by atoms with Gasteiger partial charge >= 0.3 is 5.97 Å². The Hall–Kier alpha value is -2.11. The van der Waals surface area contributed by atoms with Crippen molar-refractivity contribution in [3.63, 3.8) is 0 Å². The maximum atomic E-state index is 13.6. The molecule has 108 valence electrons. The number of hydrogen-bond acceptors (Lipinski definition) is 2. The molecule has 2 aromatic rings. The minimum atomic E-state index is -1.26. The molecule has 1 amide bonds. The van der Waals surface area contributed by atoms with E-state index < -0.39 is 17.7 Å². The predicted molar refractivity (Wildman–Crippen MR) is 77.8 cm³/mol. The maximum Gasteiger partial charge on any atom is 0.337 e. The van der Waals surface area contributed by atoms with Crippen LogP contribution in [0.3, 0.4) is 0 Å². The summed E-state index contributed by atoms with van der Waals surface area (Å²) in [6, 6.07) is 7.51. The molecule has 4 nitrogen and oxygen atoms in total. The van der Waals surface area contributed by atoms with Crippen LogP contribution in [-0.4, -0.2) is 17.0 Å². The number of hydrogen-bond donors (Lipinski definition) is 2. The average Bonchev–Trinajstić information content (AvgIpc) is 2.40. The zero-order valence-corrected chi connectivity index (χ0v) is 11.9. The molecule has 0 saturated carbocycles. The zero-order valence-electron chi connectivity index (χ0n) is 10.4. The highest BCUT2D eigenvalue weighted by Crippen LogP contribution is 2.22. The fraction of sp³-hybridized carbons (Fsp3) is 0. The van der Waals surface area contributed by atoms with Gasteiger partial charge in [0.1, 0.15) is 5.82 Å². The average molecular weight is 328 g/mol. The number of anilines is 1. The number of carbonyl (C=O) groups is 2. The van der Waals surface area contributed by atoms with E-state index in [4.69, 9.17) is 28.3 Å². The number of aromatic carboxylic acids is 1. The van der Waals surface area contributed by atoms with Crippen molar-refractivity contribution in [3.8, 4) is 0 Å². The highest BCUT2D eigenvalue weighted by molar-refractivity contribution is 6.31. The van der Waals surface area contributed by atoms with Crippen molar-refractivity contribution < 1.29 is 19.1 Å². The minimum absolute atomic E-state index is 0.0197. The molecule has 0 heterocycles. The second-order valence-corrected chi connectivity index (χ2v) is 4.95. The van der Waals surface area contributed by atoms with E-state index in [2.05, 4.69) is 5.32 Å². The Morgan fingerprint density at radius 2 is 1.62 bits per heavy atom. The first kappa shape index (κ1) is 15.3. The Morgan fingerprint density at radius 3 is 2.24 bits per heavy atom. The van der Waals surface area contributed by atoms with Crippen LogP contribution in [0.4, 0.5) is 10.1 Å². The molecule has 0 atom stereocenters. The quantitative estimate of drug-likeness (QED) is 0.892. The Kier molecular flexibility index (Phi) is 4.45. The van der Waals surface area contributed by atoms with Gasteiger partial charge < -0.3 is 10.4 Å². The summed E-state index contributed by atoms with van der Waals surface area (Å²) in [5.41, 5.74) is -0.415. The van der Waals surface area contributed by atoms with Gasteiger partial charge in [0.05, 0.1) is 16.8 Å². The molecule has 7 heteroatoms. The number of benzene rings is 2. The van der Waals surface area contributed by atoms with Crippen molar-refractivity contribution in [1.29, 1.82) is 0 Å². The highest BCUT2D eigenvalue weighted by atomic mass is 35.5. The molecular weight excluding hydrogens is 320 g/mol. The number of amides is 1. The van der Waals surface area contributed by atoms with Crippen LogP contribution in [0, 0.1) is 5.82 Å². The van der Waals surface area contributed by atoms with Crippen LogP contribution < -0.4 is 5.32 Å². The minimum Gasteiger partial charge on any atom is -0.478 e. The Labute approximate surface area is 129 Å². The third-order valence-corrected chi connectivity index (χ3v) is 3.11. The fourth-order valence-electron chi connectivity index (χ4n) is 1.67. The van der Waals surface area contributed by atoms with Crippen LogP contribution in [-0.2, 0) is 0 Å². The smallest absolute Gasteiger partial charge is 0.337 e. The molecule has 0 aromatic heterocycles. The summed E-state index contributed by atoms with van der Waals surface area (Å²) in [5, 5.41) is 11.8. The Morgan fingerprint density at radius 1 is 1.00 bits per heavy atom. The first-order valence-electron chi connectivity index (χ1n) is 5.67. The lowest BCUT2D eigenvalue weighted by Gasteiger charge is -2.09. The summed E-state index contributed by atoms with van der Waals surface area (Å²) < 4.78 is 13.6. The molecule has 2 aromatic carbocycles. The monoisotopic (exact) mass is 327 g/mol. The summed E-state index contributed by atoms with van der Waals surface area (Å²) in [4.78, 5) is 23.1. The van der Waals surface area contributed by atoms with Crippen LogP contribution in [0.15, 0.2) is 36.4 Å². The van der Waals surface area contributed by atoms with E-state index >= 15 is 0 Å². The van der Waals surface area contributed by atoms with Gasteiger partial charge in [-0.05, 0) is 36.4 Å². The van der Waals surface area contributed by atoms with E-state index in [0.717, 1.165) is 6.07 Å². The summed E-state index contributed by atoms with van der Waals surface area (Å²) in [6.45, 7) is 0. The molecule has 0 bridgehead atoms. The molecular formula is C14H8Cl2FNO3. The van der Waals surface area contributed by atoms with Crippen molar-refractivity contribution in [3.05, 3.63) is 63.4 Å². The van der Waals surface area contributed by atoms with Gasteiger partial charge in [-0.15, -0.1) is 0 Å².